The van der Waals surface area contributed by atoms with Gasteiger partial charge in [-0.25, -0.2) is 0 Å². The number of hydrogen-bond acceptors (Lipinski definition) is 2. The Morgan fingerprint density at radius 3 is 2.48 bits per heavy atom. The summed E-state index contributed by atoms with van der Waals surface area (Å²) in [5.41, 5.74) is 9.46. The van der Waals surface area contributed by atoms with Gasteiger partial charge in [0.1, 0.15) is 5.58 Å². The van der Waals surface area contributed by atoms with E-state index in [4.69, 9.17) is 10.2 Å². The van der Waals surface area contributed by atoms with E-state index in [0.29, 0.717) is 0 Å². The summed E-state index contributed by atoms with van der Waals surface area (Å²) in [7, 11) is 0. The maximum Gasteiger partial charge on any atom is 0.134 e. The van der Waals surface area contributed by atoms with Gasteiger partial charge < -0.3 is 10.2 Å². The molecule has 0 aliphatic rings. The van der Waals surface area contributed by atoms with Crippen molar-refractivity contribution in [1.29, 1.82) is 0 Å². The van der Waals surface area contributed by atoms with E-state index in [1.807, 2.05) is 30.3 Å². The van der Waals surface area contributed by atoms with Crippen molar-refractivity contribution in [2.24, 2.45) is 5.73 Å². The molecule has 0 radical (unpaired) electrons. The third-order valence-electron chi connectivity index (χ3n) is 3.98. The monoisotopic (exact) mass is 273 g/mol. The number of para-hydroxylation sites is 1. The molecule has 2 nitrogen and oxygen atoms in total. The summed E-state index contributed by atoms with van der Waals surface area (Å²) in [4.78, 5) is 0. The lowest BCUT2D eigenvalue weighted by Gasteiger charge is -2.12. The van der Waals surface area contributed by atoms with Crippen LogP contribution in [0.2, 0.25) is 0 Å². The van der Waals surface area contributed by atoms with Crippen LogP contribution in [-0.4, -0.2) is 0 Å². The summed E-state index contributed by atoms with van der Waals surface area (Å²) in [5.74, 6) is 0. The first-order valence-corrected chi connectivity index (χ1v) is 7.03. The van der Waals surface area contributed by atoms with Crippen molar-refractivity contribution >= 4 is 21.7 Å². The predicted octanol–water partition coefficient (Wildman–Crippen LogP) is 4.63. The molecule has 0 spiro atoms. The van der Waals surface area contributed by atoms with E-state index in [1.54, 1.807) is 6.26 Å². The molecule has 1 heterocycles. The molecule has 21 heavy (non-hydrogen) atoms. The number of benzene rings is 3. The van der Waals surface area contributed by atoms with Crippen LogP contribution in [0, 0.1) is 0 Å². The van der Waals surface area contributed by atoms with Crippen LogP contribution in [0.5, 0.6) is 0 Å². The minimum atomic E-state index is -0.182. The highest BCUT2D eigenvalue weighted by Crippen LogP contribution is 2.30. The minimum Gasteiger partial charge on any atom is -0.464 e. The Morgan fingerprint density at radius 1 is 0.810 bits per heavy atom. The first kappa shape index (κ1) is 12.2. The molecular formula is C19H15NO. The molecule has 0 aliphatic carbocycles. The van der Waals surface area contributed by atoms with E-state index in [9.17, 15) is 0 Å². The summed E-state index contributed by atoms with van der Waals surface area (Å²) < 4.78 is 5.60. The Balaban J connectivity index is 1.83. The van der Waals surface area contributed by atoms with Crippen molar-refractivity contribution in [1.82, 2.24) is 0 Å². The van der Waals surface area contributed by atoms with Gasteiger partial charge in [0, 0.05) is 10.9 Å². The van der Waals surface area contributed by atoms with Crippen LogP contribution in [0.25, 0.3) is 21.7 Å². The smallest absolute Gasteiger partial charge is 0.134 e. The summed E-state index contributed by atoms with van der Waals surface area (Å²) in [6, 6.07) is 22.5. The van der Waals surface area contributed by atoms with Crippen LogP contribution in [0.1, 0.15) is 17.2 Å². The van der Waals surface area contributed by atoms with Gasteiger partial charge in [-0.2, -0.15) is 0 Å². The van der Waals surface area contributed by atoms with Gasteiger partial charge in [0.25, 0.3) is 0 Å². The van der Waals surface area contributed by atoms with Crippen LogP contribution in [0.15, 0.2) is 77.4 Å². The fourth-order valence-electron chi connectivity index (χ4n) is 2.82. The van der Waals surface area contributed by atoms with Crippen molar-refractivity contribution in [3.05, 3.63) is 84.1 Å². The summed E-state index contributed by atoms with van der Waals surface area (Å²) in [5, 5.41) is 3.52. The third kappa shape index (κ3) is 2.01. The largest absolute Gasteiger partial charge is 0.464 e. The molecule has 1 aromatic heterocycles. The number of fused-ring (bicyclic) bond motifs is 2. The lowest BCUT2D eigenvalue weighted by Crippen LogP contribution is -2.11. The molecule has 2 N–H and O–H groups in total. The first-order valence-electron chi connectivity index (χ1n) is 7.03. The summed E-state index contributed by atoms with van der Waals surface area (Å²) in [6.45, 7) is 0. The van der Waals surface area contributed by atoms with Crippen molar-refractivity contribution in [2.75, 3.05) is 0 Å². The molecule has 0 saturated heterocycles. The zero-order valence-corrected chi connectivity index (χ0v) is 11.5. The second-order valence-electron chi connectivity index (χ2n) is 5.27. The van der Waals surface area contributed by atoms with Gasteiger partial charge in [0.05, 0.1) is 12.3 Å². The van der Waals surface area contributed by atoms with Crippen LogP contribution < -0.4 is 5.73 Å². The van der Waals surface area contributed by atoms with E-state index in [-0.39, 0.29) is 6.04 Å². The average molecular weight is 273 g/mol. The zero-order chi connectivity index (χ0) is 14.2. The normalized spacial score (nSPS) is 12.8. The molecule has 102 valence electrons. The van der Waals surface area contributed by atoms with Gasteiger partial charge in [0.15, 0.2) is 0 Å². The molecule has 4 aromatic rings. The maximum absolute atomic E-state index is 6.46. The van der Waals surface area contributed by atoms with Crippen molar-refractivity contribution < 1.29 is 4.42 Å². The van der Waals surface area contributed by atoms with Gasteiger partial charge >= 0.3 is 0 Å². The molecule has 2 heteroatoms. The van der Waals surface area contributed by atoms with E-state index in [0.717, 1.165) is 22.1 Å². The van der Waals surface area contributed by atoms with Crippen LogP contribution in [0.4, 0.5) is 0 Å². The molecule has 0 amide bonds. The van der Waals surface area contributed by atoms with E-state index in [1.165, 1.54) is 10.8 Å². The molecule has 1 atom stereocenters. The quantitative estimate of drug-likeness (QED) is 0.578. The standard InChI is InChI=1S/C19H15NO/c20-19(17-12-21-18-8-4-3-7-16(17)18)15-10-9-13-5-1-2-6-14(13)11-15/h1-12,19H,20H2. The lowest BCUT2D eigenvalue weighted by atomic mass is 9.97. The molecule has 0 aliphatic heterocycles. The SMILES string of the molecule is NC(c1ccc2ccccc2c1)c1coc2ccccc12. The van der Waals surface area contributed by atoms with Crippen LogP contribution >= 0.6 is 0 Å². The summed E-state index contributed by atoms with van der Waals surface area (Å²) in [6.07, 6.45) is 1.77. The van der Waals surface area contributed by atoms with Gasteiger partial charge in [-0.15, -0.1) is 0 Å². The summed E-state index contributed by atoms with van der Waals surface area (Å²) >= 11 is 0. The molecule has 0 bridgehead atoms. The molecule has 0 saturated carbocycles. The first-order chi connectivity index (χ1) is 10.3. The van der Waals surface area contributed by atoms with Gasteiger partial charge in [-0.1, -0.05) is 54.6 Å². The second-order valence-corrected chi connectivity index (χ2v) is 5.27. The van der Waals surface area contributed by atoms with Crippen molar-refractivity contribution in [2.45, 2.75) is 6.04 Å². The Bertz CT molecular complexity index is 923. The number of furan rings is 1. The van der Waals surface area contributed by atoms with Crippen LogP contribution in [-0.2, 0) is 0 Å². The fourth-order valence-corrected chi connectivity index (χ4v) is 2.82. The van der Waals surface area contributed by atoms with Gasteiger partial charge in [-0.05, 0) is 28.5 Å². The highest BCUT2D eigenvalue weighted by atomic mass is 16.3. The highest BCUT2D eigenvalue weighted by Gasteiger charge is 2.15. The molecule has 4 rings (SSSR count). The number of nitrogens with two attached hydrogens (primary N) is 1. The Labute approximate surface area is 122 Å². The highest BCUT2D eigenvalue weighted by molar-refractivity contribution is 5.85. The Morgan fingerprint density at radius 2 is 1.57 bits per heavy atom. The molecule has 0 fully saturated rings. The zero-order valence-electron chi connectivity index (χ0n) is 11.5. The molecular weight excluding hydrogens is 258 g/mol. The van der Waals surface area contributed by atoms with Crippen molar-refractivity contribution in [3.8, 4) is 0 Å². The third-order valence-corrected chi connectivity index (χ3v) is 3.98. The van der Waals surface area contributed by atoms with Crippen LogP contribution in [0.3, 0.4) is 0 Å². The topological polar surface area (TPSA) is 39.2 Å². The lowest BCUT2D eigenvalue weighted by molar-refractivity contribution is 0.607. The van der Waals surface area contributed by atoms with Crippen molar-refractivity contribution in [3.63, 3.8) is 0 Å². The van der Waals surface area contributed by atoms with Gasteiger partial charge in [-0.3, -0.25) is 0 Å². The maximum atomic E-state index is 6.46. The molecule has 3 aromatic carbocycles. The fraction of sp³-hybridized carbons (Fsp3) is 0.0526. The Hall–Kier alpha value is -2.58. The van der Waals surface area contributed by atoms with Gasteiger partial charge in [0.2, 0.25) is 0 Å². The predicted molar refractivity (Wildman–Crippen MR) is 86.2 cm³/mol. The molecule has 1 unspecified atom stereocenters. The van der Waals surface area contributed by atoms with E-state index in [2.05, 4.69) is 36.4 Å². The average Bonchev–Trinajstić information content (AvgIpc) is 2.98. The van der Waals surface area contributed by atoms with E-state index >= 15 is 0 Å². The minimum absolute atomic E-state index is 0.182. The number of rotatable bonds is 2. The number of hydrogen-bond donors (Lipinski definition) is 1. The second kappa shape index (κ2) is 4.76. The Kier molecular flexibility index (Phi) is 2.76. The van der Waals surface area contributed by atoms with E-state index < -0.39 is 0 Å².